The molecule has 0 aromatic rings. The van der Waals surface area contributed by atoms with E-state index in [1.54, 1.807) is 6.92 Å². The zero-order valence-corrected chi connectivity index (χ0v) is 13.2. The average molecular weight is 316 g/mol. The van der Waals surface area contributed by atoms with Gasteiger partial charge in [0.1, 0.15) is 5.25 Å². The number of rotatable bonds is 8. The topological polar surface area (TPSA) is 71.1 Å². The Hall–Kier alpha value is -0.140. The van der Waals surface area contributed by atoms with E-state index in [-0.39, 0.29) is 13.0 Å². The summed E-state index contributed by atoms with van der Waals surface area (Å²) in [6.07, 6.45) is -0.129. The molecule has 0 rings (SSSR count). The summed E-state index contributed by atoms with van der Waals surface area (Å²) in [6, 6.07) is 0. The maximum absolute atomic E-state index is 11.6. The van der Waals surface area contributed by atoms with Crippen LogP contribution in [0.2, 0.25) is 0 Å². The maximum Gasteiger partial charge on any atom is 0.319 e. The molecule has 0 unspecified atom stereocenters. The van der Waals surface area contributed by atoms with Gasteiger partial charge in [0.25, 0.3) is 0 Å². The Morgan fingerprint density at radius 2 is 1.83 bits per heavy atom. The van der Waals surface area contributed by atoms with E-state index in [1.165, 1.54) is 21.3 Å². The molecule has 0 saturated heterocycles. The van der Waals surface area contributed by atoms with E-state index in [2.05, 4.69) is 4.74 Å². The Morgan fingerprint density at radius 3 is 2.22 bits per heavy atom. The Kier molecular flexibility index (Phi) is 8.81. The zero-order valence-electron chi connectivity index (χ0n) is 10.7. The van der Waals surface area contributed by atoms with Gasteiger partial charge in [-0.05, 0) is 18.7 Å². The second-order valence-corrected chi connectivity index (χ2v) is 9.55. The SMILES string of the molecule is CCOC(=O)C[C@@H](SP(=S)(OC)OC)C(=O)OC. The van der Waals surface area contributed by atoms with Crippen molar-refractivity contribution in [2.45, 2.75) is 18.6 Å². The van der Waals surface area contributed by atoms with Crippen LogP contribution in [0, 0.1) is 0 Å². The predicted octanol–water partition coefficient (Wildman–Crippen LogP) is 1.73. The molecule has 0 spiro atoms. The lowest BCUT2D eigenvalue weighted by Crippen LogP contribution is -2.23. The van der Waals surface area contributed by atoms with Gasteiger partial charge in [-0.3, -0.25) is 9.59 Å². The normalized spacial score (nSPS) is 12.9. The molecular formula is C9H17O6PS2. The molecule has 1 atom stereocenters. The lowest BCUT2D eigenvalue weighted by Gasteiger charge is -2.21. The van der Waals surface area contributed by atoms with Gasteiger partial charge in [0.2, 0.25) is 5.69 Å². The quantitative estimate of drug-likeness (QED) is 0.495. The van der Waals surface area contributed by atoms with Crippen molar-refractivity contribution >= 4 is 40.8 Å². The minimum atomic E-state index is -2.64. The molecule has 0 amide bonds. The summed E-state index contributed by atoms with van der Waals surface area (Å²) in [5.41, 5.74) is -2.64. The van der Waals surface area contributed by atoms with E-state index in [4.69, 9.17) is 25.6 Å². The third-order valence-corrected chi connectivity index (χ3v) is 7.69. The van der Waals surface area contributed by atoms with Crippen LogP contribution in [-0.4, -0.2) is 45.1 Å². The van der Waals surface area contributed by atoms with E-state index in [1.807, 2.05) is 0 Å². The summed E-state index contributed by atoms with van der Waals surface area (Å²) < 4.78 is 19.5. The van der Waals surface area contributed by atoms with Gasteiger partial charge in [0, 0.05) is 14.2 Å². The van der Waals surface area contributed by atoms with Crippen LogP contribution in [0.25, 0.3) is 0 Å². The van der Waals surface area contributed by atoms with Crippen molar-refractivity contribution in [3.05, 3.63) is 0 Å². The minimum Gasteiger partial charge on any atom is -0.468 e. The molecule has 0 heterocycles. The summed E-state index contributed by atoms with van der Waals surface area (Å²) in [5, 5.41) is -0.792. The van der Waals surface area contributed by atoms with Crippen molar-refractivity contribution in [2.75, 3.05) is 27.9 Å². The van der Waals surface area contributed by atoms with Crippen LogP contribution in [0.4, 0.5) is 0 Å². The summed E-state index contributed by atoms with van der Waals surface area (Å²) in [6.45, 7) is 1.94. The largest absolute Gasteiger partial charge is 0.468 e. The highest BCUT2D eigenvalue weighted by Crippen LogP contribution is 2.62. The fourth-order valence-corrected chi connectivity index (χ4v) is 4.88. The van der Waals surface area contributed by atoms with Crippen LogP contribution >= 0.6 is 17.1 Å². The van der Waals surface area contributed by atoms with Crippen LogP contribution in [0.15, 0.2) is 0 Å². The summed E-state index contributed by atoms with van der Waals surface area (Å²) in [4.78, 5) is 23.0. The number of hydrogen-bond donors (Lipinski definition) is 0. The molecule has 6 nitrogen and oxygen atoms in total. The number of carbonyl (C=O) groups is 2. The molecule has 18 heavy (non-hydrogen) atoms. The van der Waals surface area contributed by atoms with Crippen LogP contribution in [0.5, 0.6) is 0 Å². The molecule has 0 N–H and O–H groups in total. The van der Waals surface area contributed by atoms with Crippen molar-refractivity contribution in [1.29, 1.82) is 0 Å². The third kappa shape index (κ3) is 6.15. The molecule has 0 saturated carbocycles. The summed E-state index contributed by atoms with van der Waals surface area (Å²) >= 11 is 6.12. The number of methoxy groups -OCH3 is 1. The van der Waals surface area contributed by atoms with Crippen molar-refractivity contribution in [3.63, 3.8) is 0 Å². The first kappa shape index (κ1) is 17.9. The Bertz CT molecular complexity index is 327. The Morgan fingerprint density at radius 1 is 1.28 bits per heavy atom. The van der Waals surface area contributed by atoms with Gasteiger partial charge in [-0.15, -0.1) is 0 Å². The first-order chi connectivity index (χ1) is 8.42. The van der Waals surface area contributed by atoms with Crippen LogP contribution in [0.3, 0.4) is 0 Å². The molecule has 0 aliphatic rings. The molecular weight excluding hydrogens is 299 g/mol. The lowest BCUT2D eigenvalue weighted by atomic mass is 10.3. The molecule has 0 aromatic heterocycles. The van der Waals surface area contributed by atoms with Gasteiger partial charge in [-0.1, -0.05) is 11.4 Å². The average Bonchev–Trinajstić information content (AvgIpc) is 2.37. The molecule has 0 fully saturated rings. The molecule has 0 radical (unpaired) electrons. The third-order valence-electron chi connectivity index (χ3n) is 1.83. The first-order valence-electron chi connectivity index (χ1n) is 5.05. The van der Waals surface area contributed by atoms with Gasteiger partial charge < -0.3 is 18.5 Å². The number of ether oxygens (including phenoxy) is 2. The van der Waals surface area contributed by atoms with Gasteiger partial charge in [0.15, 0.2) is 0 Å². The standard InChI is InChI=1S/C9H17O6PS2/c1-5-15-8(10)6-7(9(11)12-2)18-16(17,13-3)14-4/h7H,5-6H2,1-4H3/t7-/m1/s1. The lowest BCUT2D eigenvalue weighted by molar-refractivity contribution is -0.148. The van der Waals surface area contributed by atoms with Gasteiger partial charge >= 0.3 is 11.9 Å². The fourth-order valence-electron chi connectivity index (χ4n) is 0.983. The van der Waals surface area contributed by atoms with Gasteiger partial charge in [0.05, 0.1) is 20.1 Å². The van der Waals surface area contributed by atoms with E-state index in [0.29, 0.717) is 0 Å². The van der Waals surface area contributed by atoms with Crippen molar-refractivity contribution in [1.82, 2.24) is 0 Å². The molecule has 0 aliphatic heterocycles. The van der Waals surface area contributed by atoms with Crippen LogP contribution in [-0.2, 0) is 39.9 Å². The molecule has 106 valence electrons. The fraction of sp³-hybridized carbons (Fsp3) is 0.778. The summed E-state index contributed by atoms with van der Waals surface area (Å²) in [5.74, 6) is -1.05. The second kappa shape index (κ2) is 8.87. The molecule has 0 bridgehead atoms. The zero-order chi connectivity index (χ0) is 14.2. The summed E-state index contributed by atoms with van der Waals surface area (Å²) in [7, 11) is 4.04. The predicted molar refractivity (Wildman–Crippen MR) is 72.9 cm³/mol. The highest BCUT2D eigenvalue weighted by Gasteiger charge is 2.31. The highest BCUT2D eigenvalue weighted by molar-refractivity contribution is 8.68. The smallest absolute Gasteiger partial charge is 0.319 e. The molecule has 0 aromatic carbocycles. The van der Waals surface area contributed by atoms with Crippen molar-refractivity contribution in [2.24, 2.45) is 0 Å². The Balaban J connectivity index is 4.74. The van der Waals surface area contributed by atoms with E-state index in [0.717, 1.165) is 11.4 Å². The minimum absolute atomic E-state index is 0.129. The van der Waals surface area contributed by atoms with Gasteiger partial charge in [-0.25, -0.2) is 0 Å². The van der Waals surface area contributed by atoms with Gasteiger partial charge in [-0.2, -0.15) is 0 Å². The van der Waals surface area contributed by atoms with Crippen molar-refractivity contribution < 1.29 is 28.1 Å². The number of esters is 2. The first-order valence-corrected chi connectivity index (χ1v) is 9.18. The van der Waals surface area contributed by atoms with E-state index in [9.17, 15) is 9.59 Å². The molecule has 0 aliphatic carbocycles. The second-order valence-electron chi connectivity index (χ2n) is 2.94. The van der Waals surface area contributed by atoms with Crippen LogP contribution in [0.1, 0.15) is 13.3 Å². The van der Waals surface area contributed by atoms with Crippen molar-refractivity contribution in [3.8, 4) is 0 Å². The number of carbonyl (C=O) groups excluding carboxylic acids is 2. The monoisotopic (exact) mass is 316 g/mol. The van der Waals surface area contributed by atoms with Crippen LogP contribution < -0.4 is 0 Å². The van der Waals surface area contributed by atoms with E-state index >= 15 is 0 Å². The Labute approximate surface area is 116 Å². The molecule has 9 heteroatoms. The highest BCUT2D eigenvalue weighted by atomic mass is 32.9. The number of hydrogen-bond acceptors (Lipinski definition) is 8. The van der Waals surface area contributed by atoms with E-state index < -0.39 is 22.9 Å². The maximum atomic E-state index is 11.6.